The van der Waals surface area contributed by atoms with E-state index in [9.17, 15) is 22.8 Å². The summed E-state index contributed by atoms with van der Waals surface area (Å²) in [5.74, 6) is -1.35. The molecule has 0 fully saturated rings. The lowest BCUT2D eigenvalue weighted by molar-refractivity contribution is -0.139. The van der Waals surface area contributed by atoms with Crippen LogP contribution >= 0.6 is 23.2 Å². The zero-order valence-corrected chi connectivity index (χ0v) is 21.0. The fourth-order valence-electron chi connectivity index (χ4n) is 3.14. The van der Waals surface area contributed by atoms with E-state index in [-0.39, 0.29) is 18.0 Å². The molecule has 2 amide bonds. The lowest BCUT2D eigenvalue weighted by Gasteiger charge is -2.31. The van der Waals surface area contributed by atoms with Gasteiger partial charge in [-0.05, 0) is 38.1 Å². The summed E-state index contributed by atoms with van der Waals surface area (Å²) in [7, 11) is -2.48. The van der Waals surface area contributed by atoms with Gasteiger partial charge in [0.05, 0.1) is 11.9 Å². The predicted octanol–water partition coefficient (Wildman–Crippen LogP) is 3.13. The normalized spacial score (nSPS) is 12.1. The minimum Gasteiger partial charge on any atom is -0.357 e. The van der Waals surface area contributed by atoms with Gasteiger partial charge in [0.1, 0.15) is 12.6 Å². The number of ketones is 1. The van der Waals surface area contributed by atoms with Crippen molar-refractivity contribution in [1.82, 2.24) is 10.2 Å². The Morgan fingerprint density at radius 3 is 2.15 bits per heavy atom. The summed E-state index contributed by atoms with van der Waals surface area (Å²) < 4.78 is 26.0. The molecule has 0 bridgehead atoms. The van der Waals surface area contributed by atoms with E-state index in [0.717, 1.165) is 10.6 Å². The average Bonchev–Trinajstić information content (AvgIpc) is 2.75. The number of rotatable bonds is 9. The van der Waals surface area contributed by atoms with Crippen molar-refractivity contribution in [3.63, 3.8) is 0 Å². The molecule has 0 saturated heterocycles. The highest BCUT2D eigenvalue weighted by molar-refractivity contribution is 7.92. The number of hydrogen-bond donors (Lipinski definition) is 1. The van der Waals surface area contributed by atoms with Crippen LogP contribution in [0.1, 0.15) is 29.8 Å². The van der Waals surface area contributed by atoms with E-state index in [1.54, 1.807) is 24.3 Å². The number of sulfonamides is 1. The first-order chi connectivity index (χ1) is 15.4. The Labute approximate surface area is 203 Å². The Kier molecular flexibility index (Phi) is 8.88. The molecule has 2 rings (SSSR count). The van der Waals surface area contributed by atoms with Gasteiger partial charge in [0, 0.05) is 34.8 Å². The SMILES string of the molecule is CNC(=O)[C@H](C)N(Cc1c(Cl)cccc1Cl)C(=O)CN(c1cccc(C(C)=O)c1)S(C)(=O)=O. The number of anilines is 1. The maximum Gasteiger partial charge on any atom is 0.244 e. The van der Waals surface area contributed by atoms with E-state index in [1.165, 1.54) is 44.0 Å². The lowest BCUT2D eigenvalue weighted by Crippen LogP contribution is -2.50. The molecule has 0 heterocycles. The van der Waals surface area contributed by atoms with Crippen LogP contribution in [-0.4, -0.2) is 56.8 Å². The Morgan fingerprint density at radius 1 is 1.06 bits per heavy atom. The summed E-state index contributed by atoms with van der Waals surface area (Å²) in [6.07, 6.45) is 0.957. The molecule has 8 nitrogen and oxygen atoms in total. The van der Waals surface area contributed by atoms with Crippen molar-refractivity contribution in [2.75, 3.05) is 24.2 Å². The Morgan fingerprint density at radius 2 is 1.64 bits per heavy atom. The smallest absolute Gasteiger partial charge is 0.244 e. The van der Waals surface area contributed by atoms with Crippen LogP contribution in [0.25, 0.3) is 0 Å². The fourth-order valence-corrected chi connectivity index (χ4v) is 4.50. The second-order valence-corrected chi connectivity index (χ2v) is 10.1. The molecule has 11 heteroatoms. The highest BCUT2D eigenvalue weighted by atomic mass is 35.5. The molecule has 0 aromatic heterocycles. The first-order valence-electron chi connectivity index (χ1n) is 9.89. The van der Waals surface area contributed by atoms with Crippen LogP contribution in [-0.2, 0) is 26.2 Å². The van der Waals surface area contributed by atoms with Gasteiger partial charge in [0.25, 0.3) is 0 Å². The molecule has 178 valence electrons. The van der Waals surface area contributed by atoms with E-state index in [4.69, 9.17) is 23.2 Å². The van der Waals surface area contributed by atoms with Gasteiger partial charge < -0.3 is 10.2 Å². The molecular formula is C22H25Cl2N3O5S. The van der Waals surface area contributed by atoms with Gasteiger partial charge in [0.15, 0.2) is 5.78 Å². The van der Waals surface area contributed by atoms with E-state index in [1.807, 2.05) is 0 Å². The van der Waals surface area contributed by atoms with Crippen LogP contribution in [0.15, 0.2) is 42.5 Å². The van der Waals surface area contributed by atoms with E-state index >= 15 is 0 Å². The first-order valence-corrected chi connectivity index (χ1v) is 12.5. The number of nitrogens with one attached hydrogen (secondary N) is 1. The third-order valence-electron chi connectivity index (χ3n) is 5.02. The third-order valence-corrected chi connectivity index (χ3v) is 6.87. The molecule has 2 aromatic rings. The number of hydrogen-bond acceptors (Lipinski definition) is 5. The van der Waals surface area contributed by atoms with Crippen LogP contribution in [0.4, 0.5) is 5.69 Å². The van der Waals surface area contributed by atoms with Crippen LogP contribution in [0.3, 0.4) is 0 Å². The summed E-state index contributed by atoms with van der Waals surface area (Å²) in [6, 6.07) is 9.87. The first kappa shape index (κ1) is 26.6. The standard InChI is InChI=1S/C22H25Cl2N3O5S/c1-14(22(30)25-3)26(12-18-19(23)9-6-10-20(18)24)21(29)13-27(33(4,31)32)17-8-5-7-16(11-17)15(2)28/h5-11,14H,12-13H2,1-4H3,(H,25,30)/t14-/m0/s1. The van der Waals surface area contributed by atoms with E-state index in [0.29, 0.717) is 21.2 Å². The topological polar surface area (TPSA) is 104 Å². The van der Waals surface area contributed by atoms with Crippen LogP contribution in [0.5, 0.6) is 0 Å². The highest BCUT2D eigenvalue weighted by Gasteiger charge is 2.30. The minimum atomic E-state index is -3.91. The summed E-state index contributed by atoms with van der Waals surface area (Å²) in [4.78, 5) is 38.7. The van der Waals surface area contributed by atoms with Gasteiger partial charge in [-0.25, -0.2) is 8.42 Å². The maximum absolute atomic E-state index is 13.4. The number of Topliss-reactive ketones (excluding diaryl/α,β-unsaturated/α-hetero) is 1. The van der Waals surface area contributed by atoms with Gasteiger partial charge in [-0.2, -0.15) is 0 Å². The number of halogens is 2. The average molecular weight is 514 g/mol. The molecule has 0 aliphatic heterocycles. The van der Waals surface area contributed by atoms with E-state index < -0.39 is 34.4 Å². The van der Waals surface area contributed by atoms with Gasteiger partial charge in [0.2, 0.25) is 21.8 Å². The fraction of sp³-hybridized carbons (Fsp3) is 0.318. The molecule has 0 radical (unpaired) electrons. The molecule has 0 spiro atoms. The van der Waals surface area contributed by atoms with Crippen LogP contribution in [0.2, 0.25) is 10.0 Å². The van der Waals surface area contributed by atoms with Crippen molar-refractivity contribution in [2.45, 2.75) is 26.4 Å². The summed E-state index contributed by atoms with van der Waals surface area (Å²) in [6.45, 7) is 2.17. The monoisotopic (exact) mass is 513 g/mol. The maximum atomic E-state index is 13.4. The van der Waals surface area contributed by atoms with Gasteiger partial charge in [-0.15, -0.1) is 0 Å². The van der Waals surface area contributed by atoms with E-state index in [2.05, 4.69) is 5.32 Å². The largest absolute Gasteiger partial charge is 0.357 e. The van der Waals surface area contributed by atoms with Crippen molar-refractivity contribution < 1.29 is 22.8 Å². The number of benzene rings is 2. The second kappa shape index (κ2) is 11.0. The van der Waals surface area contributed by atoms with Crippen molar-refractivity contribution in [1.29, 1.82) is 0 Å². The summed E-state index contributed by atoms with van der Waals surface area (Å²) >= 11 is 12.5. The molecular weight excluding hydrogens is 489 g/mol. The lowest BCUT2D eigenvalue weighted by atomic mass is 10.1. The number of carbonyl (C=O) groups excluding carboxylic acids is 3. The molecule has 1 atom stereocenters. The van der Waals surface area contributed by atoms with Gasteiger partial charge in [-0.3, -0.25) is 18.7 Å². The Hall–Kier alpha value is -2.62. The molecule has 0 aliphatic carbocycles. The molecule has 33 heavy (non-hydrogen) atoms. The van der Waals surface area contributed by atoms with Gasteiger partial charge >= 0.3 is 0 Å². The van der Waals surface area contributed by atoms with Crippen molar-refractivity contribution in [3.05, 3.63) is 63.6 Å². The molecule has 0 aliphatic rings. The number of nitrogens with zero attached hydrogens (tertiary/aromatic N) is 2. The third kappa shape index (κ3) is 6.69. The second-order valence-electron chi connectivity index (χ2n) is 7.39. The number of carbonyl (C=O) groups is 3. The zero-order chi connectivity index (χ0) is 24.9. The molecule has 1 N–H and O–H groups in total. The quantitative estimate of drug-likeness (QED) is 0.518. The Balaban J connectivity index is 2.48. The number of likely N-dealkylation sites (N-methyl/N-ethyl adjacent to an activating group) is 1. The van der Waals surface area contributed by atoms with Crippen molar-refractivity contribution in [2.24, 2.45) is 0 Å². The summed E-state index contributed by atoms with van der Waals surface area (Å²) in [5.41, 5.74) is 0.878. The Bertz CT molecular complexity index is 1150. The zero-order valence-electron chi connectivity index (χ0n) is 18.6. The number of amides is 2. The predicted molar refractivity (Wildman–Crippen MR) is 129 cm³/mol. The molecule has 0 unspecified atom stereocenters. The highest BCUT2D eigenvalue weighted by Crippen LogP contribution is 2.27. The molecule has 0 saturated carbocycles. The van der Waals surface area contributed by atoms with Crippen LogP contribution in [0, 0.1) is 0 Å². The molecule has 2 aromatic carbocycles. The van der Waals surface area contributed by atoms with Crippen molar-refractivity contribution in [3.8, 4) is 0 Å². The van der Waals surface area contributed by atoms with Crippen LogP contribution < -0.4 is 9.62 Å². The summed E-state index contributed by atoms with van der Waals surface area (Å²) in [5, 5.41) is 3.09. The van der Waals surface area contributed by atoms with Gasteiger partial charge in [-0.1, -0.05) is 41.4 Å². The minimum absolute atomic E-state index is 0.114. The van der Waals surface area contributed by atoms with Crippen molar-refractivity contribution >= 4 is 56.5 Å².